The molecule has 0 N–H and O–H groups in total. The Bertz CT molecular complexity index is 160. The van der Waals surface area contributed by atoms with Gasteiger partial charge in [0.05, 0.1) is 0 Å². The highest BCUT2D eigenvalue weighted by molar-refractivity contribution is 5.76. The number of hydrogen-bond donors (Lipinski definition) is 0. The molecule has 0 atom stereocenters. The molecule has 0 aliphatic carbocycles. The van der Waals surface area contributed by atoms with Crippen LogP contribution in [0.25, 0.3) is 0 Å². The van der Waals surface area contributed by atoms with Crippen molar-refractivity contribution in [3.63, 3.8) is 0 Å². The van der Waals surface area contributed by atoms with E-state index in [4.69, 9.17) is 0 Å². The summed E-state index contributed by atoms with van der Waals surface area (Å²) < 4.78 is 0. The van der Waals surface area contributed by atoms with E-state index < -0.39 is 0 Å². The number of rotatable bonds is 3. The van der Waals surface area contributed by atoms with E-state index >= 15 is 0 Å². The van der Waals surface area contributed by atoms with Gasteiger partial charge in [0.15, 0.2) is 0 Å². The Balaban J connectivity index is 0.000000791. The standard InChI is InChI=1S/C10H17NO.C2H6/c1-2-3-7-10(12)11-8-5-4-6-9-11;1-2/h2H,1,3-9H2;1-2H3. The lowest BCUT2D eigenvalue weighted by molar-refractivity contribution is -0.131. The highest BCUT2D eigenvalue weighted by Crippen LogP contribution is 2.10. The van der Waals surface area contributed by atoms with Crippen molar-refractivity contribution in [1.82, 2.24) is 4.90 Å². The second-order valence-electron chi connectivity index (χ2n) is 3.27. The van der Waals surface area contributed by atoms with E-state index in [0.29, 0.717) is 12.3 Å². The van der Waals surface area contributed by atoms with Gasteiger partial charge in [0.2, 0.25) is 5.91 Å². The minimum absolute atomic E-state index is 0.301. The van der Waals surface area contributed by atoms with Crippen LogP contribution in [0.4, 0.5) is 0 Å². The van der Waals surface area contributed by atoms with Crippen molar-refractivity contribution in [2.75, 3.05) is 13.1 Å². The Morgan fingerprint density at radius 1 is 1.29 bits per heavy atom. The molecule has 1 saturated heterocycles. The maximum absolute atomic E-state index is 11.4. The van der Waals surface area contributed by atoms with Crippen molar-refractivity contribution in [1.29, 1.82) is 0 Å². The lowest BCUT2D eigenvalue weighted by atomic mass is 10.1. The van der Waals surface area contributed by atoms with Gasteiger partial charge in [-0.25, -0.2) is 0 Å². The summed E-state index contributed by atoms with van der Waals surface area (Å²) in [5.74, 6) is 0.301. The fourth-order valence-electron chi connectivity index (χ4n) is 1.53. The van der Waals surface area contributed by atoms with Gasteiger partial charge in [-0.2, -0.15) is 0 Å². The van der Waals surface area contributed by atoms with Crippen molar-refractivity contribution in [2.24, 2.45) is 0 Å². The number of piperidine rings is 1. The fourth-order valence-corrected chi connectivity index (χ4v) is 1.53. The van der Waals surface area contributed by atoms with Gasteiger partial charge in [0, 0.05) is 19.5 Å². The maximum atomic E-state index is 11.4. The monoisotopic (exact) mass is 197 g/mol. The van der Waals surface area contributed by atoms with Crippen molar-refractivity contribution in [3.8, 4) is 0 Å². The third kappa shape index (κ3) is 5.05. The first-order valence-electron chi connectivity index (χ1n) is 5.73. The van der Waals surface area contributed by atoms with E-state index in [9.17, 15) is 4.79 Å². The molecule has 0 bridgehead atoms. The largest absolute Gasteiger partial charge is 0.343 e. The average molecular weight is 197 g/mol. The lowest BCUT2D eigenvalue weighted by Gasteiger charge is -2.26. The van der Waals surface area contributed by atoms with Crippen LogP contribution in [-0.2, 0) is 4.79 Å². The third-order valence-corrected chi connectivity index (χ3v) is 2.27. The number of hydrogen-bond acceptors (Lipinski definition) is 1. The summed E-state index contributed by atoms with van der Waals surface area (Å²) in [6.45, 7) is 9.54. The molecular formula is C12H23NO. The van der Waals surface area contributed by atoms with Crippen LogP contribution in [0.2, 0.25) is 0 Å². The number of carbonyl (C=O) groups is 1. The molecule has 2 heteroatoms. The Kier molecular flexibility index (Phi) is 8.30. The molecule has 0 spiro atoms. The topological polar surface area (TPSA) is 20.3 Å². The molecule has 0 radical (unpaired) electrons. The summed E-state index contributed by atoms with van der Waals surface area (Å²) in [4.78, 5) is 13.4. The first kappa shape index (κ1) is 13.2. The van der Waals surface area contributed by atoms with E-state index in [-0.39, 0.29) is 0 Å². The smallest absolute Gasteiger partial charge is 0.222 e. The zero-order valence-corrected chi connectivity index (χ0v) is 9.59. The molecule has 1 aliphatic heterocycles. The second-order valence-corrected chi connectivity index (χ2v) is 3.27. The molecule has 0 saturated carbocycles. The highest BCUT2D eigenvalue weighted by Gasteiger charge is 2.14. The molecule has 1 amide bonds. The third-order valence-electron chi connectivity index (χ3n) is 2.27. The number of nitrogens with zero attached hydrogens (tertiary/aromatic N) is 1. The van der Waals surface area contributed by atoms with Gasteiger partial charge in [-0.05, 0) is 25.7 Å². The lowest BCUT2D eigenvalue weighted by Crippen LogP contribution is -2.35. The molecule has 1 rings (SSSR count). The zero-order valence-electron chi connectivity index (χ0n) is 9.59. The molecule has 0 aromatic carbocycles. The van der Waals surface area contributed by atoms with Crippen LogP contribution in [-0.4, -0.2) is 23.9 Å². The Hall–Kier alpha value is -0.790. The average Bonchev–Trinajstić information content (AvgIpc) is 2.30. The molecule has 1 aliphatic rings. The summed E-state index contributed by atoms with van der Waals surface area (Å²) in [7, 11) is 0. The molecule has 1 fully saturated rings. The normalized spacial score (nSPS) is 15.4. The van der Waals surface area contributed by atoms with Gasteiger partial charge in [-0.15, -0.1) is 6.58 Å². The molecule has 14 heavy (non-hydrogen) atoms. The van der Waals surface area contributed by atoms with Crippen LogP contribution in [0.15, 0.2) is 12.7 Å². The van der Waals surface area contributed by atoms with Gasteiger partial charge >= 0.3 is 0 Å². The number of likely N-dealkylation sites (tertiary alicyclic amines) is 1. The van der Waals surface area contributed by atoms with Crippen LogP contribution < -0.4 is 0 Å². The van der Waals surface area contributed by atoms with Crippen molar-refractivity contribution < 1.29 is 4.79 Å². The maximum Gasteiger partial charge on any atom is 0.222 e. The fraction of sp³-hybridized carbons (Fsp3) is 0.750. The second kappa shape index (κ2) is 8.79. The summed E-state index contributed by atoms with van der Waals surface area (Å²) in [6.07, 6.45) is 6.91. The van der Waals surface area contributed by atoms with E-state index in [1.54, 1.807) is 0 Å². The van der Waals surface area contributed by atoms with E-state index in [1.165, 1.54) is 19.3 Å². The van der Waals surface area contributed by atoms with Gasteiger partial charge in [0.1, 0.15) is 0 Å². The van der Waals surface area contributed by atoms with Crippen LogP contribution >= 0.6 is 0 Å². The summed E-state index contributed by atoms with van der Waals surface area (Å²) in [5.41, 5.74) is 0. The van der Waals surface area contributed by atoms with Crippen LogP contribution in [0, 0.1) is 0 Å². The number of carbonyl (C=O) groups excluding carboxylic acids is 1. The number of allylic oxidation sites excluding steroid dienone is 1. The highest BCUT2D eigenvalue weighted by atomic mass is 16.2. The molecule has 2 nitrogen and oxygen atoms in total. The van der Waals surface area contributed by atoms with Crippen LogP contribution in [0.5, 0.6) is 0 Å². The van der Waals surface area contributed by atoms with Crippen molar-refractivity contribution in [2.45, 2.75) is 46.0 Å². The molecule has 0 aromatic heterocycles. The molecule has 82 valence electrons. The minimum atomic E-state index is 0.301. The SMILES string of the molecule is C=CCCC(=O)N1CCCCC1.CC. The first-order chi connectivity index (χ1) is 6.84. The van der Waals surface area contributed by atoms with E-state index in [0.717, 1.165) is 19.5 Å². The van der Waals surface area contributed by atoms with Gasteiger partial charge < -0.3 is 4.90 Å². The molecule has 0 aromatic rings. The Morgan fingerprint density at radius 3 is 2.36 bits per heavy atom. The minimum Gasteiger partial charge on any atom is -0.343 e. The molecule has 1 heterocycles. The predicted octanol–water partition coefficient (Wildman–Crippen LogP) is 2.99. The van der Waals surface area contributed by atoms with Crippen molar-refractivity contribution >= 4 is 5.91 Å². The van der Waals surface area contributed by atoms with Gasteiger partial charge in [0.25, 0.3) is 0 Å². The summed E-state index contributed by atoms with van der Waals surface area (Å²) in [6, 6.07) is 0. The van der Waals surface area contributed by atoms with Crippen LogP contribution in [0.3, 0.4) is 0 Å². The van der Waals surface area contributed by atoms with E-state index in [2.05, 4.69) is 6.58 Å². The van der Waals surface area contributed by atoms with E-state index in [1.807, 2.05) is 24.8 Å². The first-order valence-corrected chi connectivity index (χ1v) is 5.73. The zero-order chi connectivity index (χ0) is 10.8. The van der Waals surface area contributed by atoms with Gasteiger partial charge in [-0.1, -0.05) is 19.9 Å². The van der Waals surface area contributed by atoms with Crippen LogP contribution in [0.1, 0.15) is 46.0 Å². The summed E-state index contributed by atoms with van der Waals surface area (Å²) in [5, 5.41) is 0. The number of amides is 1. The molecule has 0 unspecified atom stereocenters. The Morgan fingerprint density at radius 2 is 1.86 bits per heavy atom. The Labute approximate surface area is 88.0 Å². The predicted molar refractivity (Wildman–Crippen MR) is 61.2 cm³/mol. The molecular weight excluding hydrogens is 174 g/mol. The summed E-state index contributed by atoms with van der Waals surface area (Å²) >= 11 is 0. The quantitative estimate of drug-likeness (QED) is 0.637. The van der Waals surface area contributed by atoms with Crippen molar-refractivity contribution in [3.05, 3.63) is 12.7 Å². The van der Waals surface area contributed by atoms with Gasteiger partial charge in [-0.3, -0.25) is 4.79 Å².